The van der Waals surface area contributed by atoms with Crippen molar-refractivity contribution >= 4 is 10.0 Å². The number of hydrogen-bond acceptors (Lipinski definition) is 4. The van der Waals surface area contributed by atoms with Crippen LogP contribution in [0.2, 0.25) is 0 Å². The first kappa shape index (κ1) is 13.4. The van der Waals surface area contributed by atoms with Crippen molar-refractivity contribution in [2.45, 2.75) is 23.9 Å². The number of nitrogens with two attached hydrogens (primary N) is 1. The molecule has 0 amide bonds. The highest BCUT2D eigenvalue weighted by Gasteiger charge is 2.25. The van der Waals surface area contributed by atoms with Gasteiger partial charge in [0.1, 0.15) is 10.7 Å². The fraction of sp³-hybridized carbons (Fsp3) is 0.455. The molecular formula is C11H15FN2O3S. The Morgan fingerprint density at radius 3 is 2.83 bits per heavy atom. The monoisotopic (exact) mass is 274 g/mol. The number of nitrogens with one attached hydrogen (secondary N) is 1. The van der Waals surface area contributed by atoms with Gasteiger partial charge in [0.15, 0.2) is 0 Å². The molecule has 1 atom stereocenters. The van der Waals surface area contributed by atoms with Crippen LogP contribution in [0.25, 0.3) is 0 Å². The molecule has 5 nitrogen and oxygen atoms in total. The summed E-state index contributed by atoms with van der Waals surface area (Å²) in [7, 11) is -3.85. The van der Waals surface area contributed by atoms with Crippen LogP contribution >= 0.6 is 0 Å². The van der Waals surface area contributed by atoms with Gasteiger partial charge >= 0.3 is 0 Å². The zero-order valence-corrected chi connectivity index (χ0v) is 10.5. The minimum atomic E-state index is -3.85. The molecule has 1 fully saturated rings. The summed E-state index contributed by atoms with van der Waals surface area (Å²) in [6, 6.07) is 3.58. The Hall–Kier alpha value is -1.02. The van der Waals surface area contributed by atoms with Crippen molar-refractivity contribution in [3.8, 4) is 0 Å². The predicted molar refractivity (Wildman–Crippen MR) is 63.8 cm³/mol. The maximum absolute atomic E-state index is 13.7. The third-order valence-electron chi connectivity index (χ3n) is 2.77. The molecule has 18 heavy (non-hydrogen) atoms. The first-order valence-electron chi connectivity index (χ1n) is 5.61. The van der Waals surface area contributed by atoms with Gasteiger partial charge in [0.2, 0.25) is 10.0 Å². The normalized spacial score (nSPS) is 20.2. The molecular weight excluding hydrogens is 259 g/mol. The quantitative estimate of drug-likeness (QED) is 0.830. The van der Waals surface area contributed by atoms with Crippen molar-refractivity contribution in [3.05, 3.63) is 29.6 Å². The molecule has 7 heteroatoms. The van der Waals surface area contributed by atoms with Crippen molar-refractivity contribution in [1.82, 2.24) is 4.72 Å². The number of sulfonamides is 1. The highest BCUT2D eigenvalue weighted by atomic mass is 32.2. The Balaban J connectivity index is 2.23. The van der Waals surface area contributed by atoms with Crippen LogP contribution < -0.4 is 10.5 Å². The van der Waals surface area contributed by atoms with Crippen LogP contribution in [0.15, 0.2) is 23.1 Å². The largest absolute Gasteiger partial charge is 0.380 e. The summed E-state index contributed by atoms with van der Waals surface area (Å²) >= 11 is 0. The van der Waals surface area contributed by atoms with E-state index in [1.807, 2.05) is 0 Å². The Morgan fingerprint density at radius 2 is 2.28 bits per heavy atom. The van der Waals surface area contributed by atoms with E-state index >= 15 is 0 Å². The van der Waals surface area contributed by atoms with Crippen LogP contribution in [0.3, 0.4) is 0 Å². The van der Waals surface area contributed by atoms with Crippen LogP contribution in [0.4, 0.5) is 4.39 Å². The van der Waals surface area contributed by atoms with Crippen molar-refractivity contribution in [2.75, 3.05) is 13.2 Å². The summed E-state index contributed by atoms with van der Waals surface area (Å²) in [6.07, 6.45) is 0.599. The van der Waals surface area contributed by atoms with Gasteiger partial charge in [-0.2, -0.15) is 0 Å². The zero-order chi connectivity index (χ0) is 13.2. The zero-order valence-electron chi connectivity index (χ0n) is 9.73. The van der Waals surface area contributed by atoms with E-state index in [4.69, 9.17) is 10.5 Å². The molecule has 100 valence electrons. The first-order valence-corrected chi connectivity index (χ1v) is 7.10. The number of hydrogen-bond donors (Lipinski definition) is 2. The standard InChI is InChI=1S/C11H15FN2O3S/c12-10-5-8(6-13)1-2-11(10)18(15,16)14-9-3-4-17-7-9/h1-2,5,9,14H,3-4,6-7,13H2. The van der Waals surface area contributed by atoms with Gasteiger partial charge in [-0.25, -0.2) is 17.5 Å². The summed E-state index contributed by atoms with van der Waals surface area (Å²) in [6.45, 7) is 1.00. The fourth-order valence-corrected chi connectivity index (χ4v) is 3.11. The Morgan fingerprint density at radius 1 is 1.50 bits per heavy atom. The van der Waals surface area contributed by atoms with E-state index in [1.54, 1.807) is 0 Å². The third kappa shape index (κ3) is 2.86. The van der Waals surface area contributed by atoms with E-state index < -0.39 is 15.8 Å². The second-order valence-electron chi connectivity index (χ2n) is 4.15. The van der Waals surface area contributed by atoms with E-state index in [9.17, 15) is 12.8 Å². The van der Waals surface area contributed by atoms with E-state index in [0.717, 1.165) is 6.07 Å². The molecule has 0 aliphatic carbocycles. The van der Waals surface area contributed by atoms with Gasteiger partial charge in [-0.15, -0.1) is 0 Å². The van der Waals surface area contributed by atoms with Crippen molar-refractivity contribution in [3.63, 3.8) is 0 Å². The van der Waals surface area contributed by atoms with Crippen molar-refractivity contribution in [1.29, 1.82) is 0 Å². The molecule has 0 bridgehead atoms. The molecule has 0 radical (unpaired) electrons. The van der Waals surface area contributed by atoms with Crippen LogP contribution in [-0.2, 0) is 21.3 Å². The molecule has 0 saturated carbocycles. The average molecular weight is 274 g/mol. The fourth-order valence-electron chi connectivity index (χ4n) is 1.80. The van der Waals surface area contributed by atoms with Crippen LogP contribution in [0.5, 0.6) is 0 Å². The number of ether oxygens (including phenoxy) is 1. The molecule has 1 heterocycles. The number of halogens is 1. The maximum atomic E-state index is 13.7. The van der Waals surface area contributed by atoms with Gasteiger partial charge in [-0.1, -0.05) is 6.07 Å². The van der Waals surface area contributed by atoms with Crippen molar-refractivity contribution in [2.24, 2.45) is 5.73 Å². The molecule has 1 aromatic rings. The Labute approximate surface area is 105 Å². The molecule has 2 rings (SSSR count). The van der Waals surface area contributed by atoms with Crippen molar-refractivity contribution < 1.29 is 17.5 Å². The van der Waals surface area contributed by atoms with Gasteiger partial charge in [0.25, 0.3) is 0 Å². The number of rotatable bonds is 4. The van der Waals surface area contributed by atoms with Gasteiger partial charge in [0.05, 0.1) is 6.61 Å². The van der Waals surface area contributed by atoms with Gasteiger partial charge in [-0.05, 0) is 24.1 Å². The molecule has 1 aliphatic heterocycles. The summed E-state index contributed by atoms with van der Waals surface area (Å²) in [5.74, 6) is -0.788. The SMILES string of the molecule is NCc1ccc(S(=O)(=O)NC2CCOC2)c(F)c1. The lowest BCUT2D eigenvalue weighted by Gasteiger charge is -2.12. The van der Waals surface area contributed by atoms with E-state index in [2.05, 4.69) is 4.72 Å². The lowest BCUT2D eigenvalue weighted by molar-refractivity contribution is 0.192. The summed E-state index contributed by atoms with van der Waals surface area (Å²) < 4.78 is 45.1. The lowest BCUT2D eigenvalue weighted by Crippen LogP contribution is -2.35. The van der Waals surface area contributed by atoms with E-state index in [1.165, 1.54) is 12.1 Å². The van der Waals surface area contributed by atoms with Gasteiger partial charge in [-0.3, -0.25) is 0 Å². The van der Waals surface area contributed by atoms with Gasteiger partial charge < -0.3 is 10.5 Å². The Bertz CT molecular complexity index is 527. The van der Waals surface area contributed by atoms with E-state index in [0.29, 0.717) is 25.2 Å². The van der Waals surface area contributed by atoms with Crippen LogP contribution in [0, 0.1) is 5.82 Å². The highest BCUT2D eigenvalue weighted by Crippen LogP contribution is 2.17. The minimum absolute atomic E-state index is 0.168. The Kier molecular flexibility index (Phi) is 3.96. The molecule has 1 saturated heterocycles. The summed E-state index contributed by atoms with van der Waals surface area (Å²) in [5.41, 5.74) is 5.91. The summed E-state index contributed by atoms with van der Waals surface area (Å²) in [5, 5.41) is 0. The second kappa shape index (κ2) is 5.31. The molecule has 1 aliphatic rings. The maximum Gasteiger partial charge on any atom is 0.243 e. The molecule has 0 aromatic heterocycles. The van der Waals surface area contributed by atoms with Crippen LogP contribution in [0.1, 0.15) is 12.0 Å². The minimum Gasteiger partial charge on any atom is -0.380 e. The topological polar surface area (TPSA) is 81.4 Å². The number of benzene rings is 1. The summed E-state index contributed by atoms with van der Waals surface area (Å²) in [4.78, 5) is -0.355. The van der Waals surface area contributed by atoms with Gasteiger partial charge in [0, 0.05) is 19.2 Å². The molecule has 0 spiro atoms. The highest BCUT2D eigenvalue weighted by molar-refractivity contribution is 7.89. The second-order valence-corrected chi connectivity index (χ2v) is 5.83. The lowest BCUT2D eigenvalue weighted by atomic mass is 10.2. The van der Waals surface area contributed by atoms with E-state index in [-0.39, 0.29) is 17.5 Å². The predicted octanol–water partition coefficient (Wildman–Crippen LogP) is 0.352. The first-order chi connectivity index (χ1) is 8.53. The molecule has 1 aromatic carbocycles. The third-order valence-corrected chi connectivity index (χ3v) is 4.33. The average Bonchev–Trinajstić information content (AvgIpc) is 2.80. The smallest absolute Gasteiger partial charge is 0.243 e. The van der Waals surface area contributed by atoms with Crippen LogP contribution in [-0.4, -0.2) is 27.7 Å². The molecule has 3 N–H and O–H groups in total. The molecule has 1 unspecified atom stereocenters.